The highest BCUT2D eigenvalue weighted by molar-refractivity contribution is 6.13. The van der Waals surface area contributed by atoms with E-state index in [0.29, 0.717) is 13.0 Å². The lowest BCUT2D eigenvalue weighted by molar-refractivity contribution is -0.149. The third-order valence-electron chi connectivity index (χ3n) is 10.5. The molecular formula is C34H63BN6O7. The van der Waals surface area contributed by atoms with E-state index < -0.39 is 48.4 Å². The van der Waals surface area contributed by atoms with Gasteiger partial charge in [0.1, 0.15) is 6.04 Å². The van der Waals surface area contributed by atoms with Gasteiger partial charge < -0.3 is 34.8 Å². The number of amides is 4. The molecule has 0 aliphatic carbocycles. The van der Waals surface area contributed by atoms with Crippen molar-refractivity contribution in [1.29, 1.82) is 0 Å². The van der Waals surface area contributed by atoms with Gasteiger partial charge in [-0.3, -0.25) is 24.0 Å². The molecule has 14 heteroatoms. The number of carbonyl (C=O) groups is 4. The number of rotatable bonds is 18. The fourth-order valence-corrected chi connectivity index (χ4v) is 7.45. The normalized spacial score (nSPS) is 24.2. The summed E-state index contributed by atoms with van der Waals surface area (Å²) in [4.78, 5) is 65.1. The first-order valence-electron chi connectivity index (χ1n) is 17.6. The van der Waals surface area contributed by atoms with Crippen molar-refractivity contribution in [2.24, 2.45) is 29.6 Å². The summed E-state index contributed by atoms with van der Waals surface area (Å²) in [6.07, 6.45) is 0.975. The Morgan fingerprint density at radius 3 is 2.08 bits per heavy atom. The van der Waals surface area contributed by atoms with Crippen LogP contribution in [0.5, 0.6) is 0 Å². The van der Waals surface area contributed by atoms with Gasteiger partial charge in [-0.1, -0.05) is 54.9 Å². The van der Waals surface area contributed by atoms with Crippen LogP contribution in [0.2, 0.25) is 0 Å². The van der Waals surface area contributed by atoms with Crippen LogP contribution in [0.3, 0.4) is 0 Å². The minimum absolute atomic E-state index is 0.0272. The molecule has 0 aromatic heterocycles. The molecule has 2 aliphatic heterocycles. The lowest BCUT2D eigenvalue weighted by Gasteiger charge is -2.41. The van der Waals surface area contributed by atoms with Crippen LogP contribution in [0.1, 0.15) is 80.6 Å². The Morgan fingerprint density at radius 1 is 1.00 bits per heavy atom. The average molecular weight is 679 g/mol. The van der Waals surface area contributed by atoms with Crippen LogP contribution in [-0.4, -0.2) is 136 Å². The largest absolute Gasteiger partial charge is 0.379 e. The highest BCUT2D eigenvalue weighted by Gasteiger charge is 2.46. The van der Waals surface area contributed by atoms with Crippen molar-refractivity contribution in [3.8, 4) is 0 Å². The molecule has 274 valence electrons. The van der Waals surface area contributed by atoms with Gasteiger partial charge in [0.05, 0.1) is 56.6 Å². The summed E-state index contributed by atoms with van der Waals surface area (Å²) in [7, 11) is 12.7. The van der Waals surface area contributed by atoms with Crippen LogP contribution in [0.4, 0.5) is 0 Å². The second kappa shape index (κ2) is 19.2. The molecule has 2 rings (SSSR count). The van der Waals surface area contributed by atoms with E-state index >= 15 is 0 Å². The van der Waals surface area contributed by atoms with Gasteiger partial charge in [0, 0.05) is 40.8 Å². The van der Waals surface area contributed by atoms with Crippen molar-refractivity contribution in [3.05, 3.63) is 0 Å². The van der Waals surface area contributed by atoms with E-state index in [1.54, 1.807) is 43.0 Å². The third-order valence-corrected chi connectivity index (χ3v) is 10.5. The zero-order valence-corrected chi connectivity index (χ0v) is 31.2. The summed E-state index contributed by atoms with van der Waals surface area (Å²) in [5.41, 5.74) is 0. The van der Waals surface area contributed by atoms with Gasteiger partial charge in [-0.25, -0.2) is 5.90 Å². The lowest BCUT2D eigenvalue weighted by atomic mass is 9.89. The van der Waals surface area contributed by atoms with E-state index in [1.807, 2.05) is 48.5 Å². The molecule has 13 nitrogen and oxygen atoms in total. The molecule has 48 heavy (non-hydrogen) atoms. The molecule has 0 aromatic carbocycles. The highest BCUT2D eigenvalue weighted by Crippen LogP contribution is 2.32. The zero-order chi connectivity index (χ0) is 36.5. The molecular weight excluding hydrogens is 615 g/mol. The first-order chi connectivity index (χ1) is 22.6. The minimum Gasteiger partial charge on any atom is -0.379 e. The summed E-state index contributed by atoms with van der Waals surface area (Å²) in [5, 5.41) is 6.02. The number of likely N-dealkylation sites (N-methyl/N-ethyl adjacent to an activating group) is 2. The Bertz CT molecular complexity index is 1070. The fourth-order valence-electron chi connectivity index (χ4n) is 7.45. The van der Waals surface area contributed by atoms with Gasteiger partial charge in [0.25, 0.3) is 0 Å². The highest BCUT2D eigenvalue weighted by atomic mass is 16.6. The summed E-state index contributed by atoms with van der Waals surface area (Å²) < 4.78 is 11.9. The molecule has 0 saturated carbocycles. The Morgan fingerprint density at radius 2 is 1.62 bits per heavy atom. The molecule has 2 aliphatic rings. The van der Waals surface area contributed by atoms with Gasteiger partial charge in [-0.05, 0) is 43.6 Å². The second-order valence-corrected chi connectivity index (χ2v) is 14.4. The summed E-state index contributed by atoms with van der Waals surface area (Å²) in [6.45, 7) is 14.4. The van der Waals surface area contributed by atoms with E-state index in [1.165, 1.54) is 0 Å². The number of methoxy groups -OCH3 is 2. The van der Waals surface area contributed by atoms with Crippen molar-refractivity contribution in [3.63, 3.8) is 0 Å². The summed E-state index contributed by atoms with van der Waals surface area (Å²) in [6, 6.07) is -2.17. The second-order valence-electron chi connectivity index (χ2n) is 14.4. The Hall–Kier alpha value is -2.26. The van der Waals surface area contributed by atoms with Crippen molar-refractivity contribution in [2.75, 3.05) is 41.4 Å². The zero-order valence-electron chi connectivity index (χ0n) is 31.2. The molecule has 0 unspecified atom stereocenters. The van der Waals surface area contributed by atoms with Crippen LogP contribution >= 0.6 is 0 Å². The van der Waals surface area contributed by atoms with Gasteiger partial charge in [0.15, 0.2) is 0 Å². The Kier molecular flexibility index (Phi) is 16.8. The van der Waals surface area contributed by atoms with E-state index in [0.717, 1.165) is 19.3 Å². The number of likely N-dealkylation sites (tertiary alicyclic amines) is 2. The molecule has 0 spiro atoms. The van der Waals surface area contributed by atoms with Gasteiger partial charge >= 0.3 is 0 Å². The lowest BCUT2D eigenvalue weighted by Crippen LogP contribution is -2.59. The first kappa shape index (κ1) is 41.9. The quantitative estimate of drug-likeness (QED) is 0.144. The molecule has 0 bridgehead atoms. The molecule has 2 heterocycles. The third kappa shape index (κ3) is 9.92. The van der Waals surface area contributed by atoms with Crippen LogP contribution in [0.25, 0.3) is 0 Å². The van der Waals surface area contributed by atoms with Crippen LogP contribution in [0.15, 0.2) is 0 Å². The number of hydrogen-bond acceptors (Lipinski definition) is 9. The number of hydrogen-bond donors (Lipinski definition) is 3. The van der Waals surface area contributed by atoms with Crippen molar-refractivity contribution < 1.29 is 33.5 Å². The number of nitrogens with one attached hydrogen (secondary N) is 2. The Balaban J connectivity index is 2.34. The SMILES string of the molecule is [B][C@@H]1CCCN1C(=O)[C@H](C)[C@@H](OC)[C@@H]1C[C@@H](ON)CN1C(=O)C[C@@H](OC)[C@H]([C@@H](C)CC)N(C)C(=O)[C@@H](NC(=O)[C@@H](NC)C(C)C)C(C)C. The number of carbonyl (C=O) groups excluding carboxylic acids is 4. The molecule has 4 amide bonds. The van der Waals surface area contributed by atoms with Crippen molar-refractivity contribution in [2.45, 2.75) is 129 Å². The van der Waals surface area contributed by atoms with E-state index in [4.69, 9.17) is 28.1 Å². The number of nitrogens with zero attached hydrogens (tertiary/aromatic N) is 3. The number of ether oxygens (including phenoxy) is 2. The van der Waals surface area contributed by atoms with E-state index in [2.05, 4.69) is 10.6 Å². The van der Waals surface area contributed by atoms with Gasteiger partial charge in [-0.15, -0.1) is 0 Å². The Labute approximate surface area is 290 Å². The van der Waals surface area contributed by atoms with Crippen LogP contribution in [0, 0.1) is 23.7 Å². The predicted octanol–water partition coefficient (Wildman–Crippen LogP) is 1.28. The topological polar surface area (TPSA) is 156 Å². The van der Waals surface area contributed by atoms with Gasteiger partial charge in [-0.2, -0.15) is 0 Å². The minimum atomic E-state index is -0.771. The van der Waals surface area contributed by atoms with Crippen molar-refractivity contribution >= 4 is 31.5 Å². The fraction of sp³-hybridized carbons (Fsp3) is 0.882. The molecule has 2 fully saturated rings. The standard InChI is InChI=1S/C34H63BN6O7/c1-12-21(6)30(39(9)34(45)29(20(4)5)38-32(43)28(37-8)19(2)3)25(46-10)17-27(42)41-18-23(48-36)16-24(41)31(47-11)22(7)33(44)40-15-13-14-26(40)35/h19-26,28-31,37H,12-18,36H2,1-11H3,(H,38,43)/t21-,22+,23+,24-,25+,26-,28-,29-,30-,31+/m0/s1. The van der Waals surface area contributed by atoms with Crippen LogP contribution < -0.4 is 16.5 Å². The van der Waals surface area contributed by atoms with Crippen molar-refractivity contribution in [1.82, 2.24) is 25.3 Å². The maximum atomic E-state index is 14.2. The van der Waals surface area contributed by atoms with Crippen LogP contribution in [-0.2, 0) is 33.5 Å². The van der Waals surface area contributed by atoms with E-state index in [9.17, 15) is 19.2 Å². The molecule has 4 N–H and O–H groups in total. The maximum Gasteiger partial charge on any atom is 0.245 e. The summed E-state index contributed by atoms with van der Waals surface area (Å²) >= 11 is 0. The molecule has 2 radical (unpaired) electrons. The molecule has 0 aromatic rings. The monoisotopic (exact) mass is 678 g/mol. The first-order valence-corrected chi connectivity index (χ1v) is 17.6. The van der Waals surface area contributed by atoms with Gasteiger partial charge in [0.2, 0.25) is 23.6 Å². The average Bonchev–Trinajstić information content (AvgIpc) is 3.68. The predicted molar refractivity (Wildman–Crippen MR) is 186 cm³/mol. The van der Waals surface area contributed by atoms with E-state index in [-0.39, 0.29) is 60.3 Å². The molecule has 10 atom stereocenters. The summed E-state index contributed by atoms with van der Waals surface area (Å²) in [5.74, 6) is 3.72. The maximum absolute atomic E-state index is 14.2. The number of nitrogens with two attached hydrogens (primary N) is 1. The molecule has 2 saturated heterocycles. The smallest absolute Gasteiger partial charge is 0.245 e.